The van der Waals surface area contributed by atoms with Gasteiger partial charge in [-0.1, -0.05) is 18.2 Å². The van der Waals surface area contributed by atoms with Crippen LogP contribution < -0.4 is 15.2 Å². The Morgan fingerprint density at radius 3 is 2.90 bits per heavy atom. The molecule has 3 aliphatic rings. The van der Waals surface area contributed by atoms with Crippen molar-refractivity contribution in [3.8, 4) is 5.75 Å². The molecule has 1 unspecified atom stereocenters. The predicted molar refractivity (Wildman–Crippen MR) is 108 cm³/mol. The smallest absolute Gasteiger partial charge is 0.260 e. The first-order valence-electron chi connectivity index (χ1n) is 10.1. The third kappa shape index (κ3) is 3.71. The molecule has 1 amide bonds. The first-order valence-corrected chi connectivity index (χ1v) is 10.1. The number of carbonyl (C=O) groups is 1. The third-order valence-corrected chi connectivity index (χ3v) is 5.50. The highest BCUT2D eigenvalue weighted by molar-refractivity contribution is 6.00. The number of hydrogen-bond acceptors (Lipinski definition) is 6. The zero-order chi connectivity index (χ0) is 19.6. The molecule has 3 aliphatic heterocycles. The Kier molecular flexibility index (Phi) is 4.91. The maximum atomic E-state index is 13.0. The van der Waals surface area contributed by atoms with Gasteiger partial charge in [-0.3, -0.25) is 14.8 Å². The van der Waals surface area contributed by atoms with Gasteiger partial charge < -0.3 is 14.4 Å². The summed E-state index contributed by atoms with van der Waals surface area (Å²) in [4.78, 5) is 19.3. The molecule has 1 N–H and O–H groups in total. The van der Waals surface area contributed by atoms with Crippen LogP contribution >= 0.6 is 0 Å². The summed E-state index contributed by atoms with van der Waals surface area (Å²) in [5, 5.41) is 1.99. The highest BCUT2D eigenvalue weighted by atomic mass is 16.5. The summed E-state index contributed by atoms with van der Waals surface area (Å²) in [5.41, 5.74) is 6.78. The number of amides is 1. The number of fused-ring (bicyclic) bond motifs is 1. The molecule has 150 valence electrons. The number of aromatic nitrogens is 1. The van der Waals surface area contributed by atoms with Crippen LogP contribution in [-0.4, -0.2) is 41.7 Å². The molecule has 0 spiro atoms. The van der Waals surface area contributed by atoms with E-state index >= 15 is 0 Å². The van der Waals surface area contributed by atoms with Crippen LogP contribution in [0.3, 0.4) is 0 Å². The minimum atomic E-state index is -0.0244. The van der Waals surface area contributed by atoms with Crippen LogP contribution in [0.25, 0.3) is 0 Å². The third-order valence-electron chi connectivity index (χ3n) is 5.50. The van der Waals surface area contributed by atoms with E-state index in [2.05, 4.69) is 40.8 Å². The van der Waals surface area contributed by atoms with E-state index in [-0.39, 0.29) is 12.0 Å². The fourth-order valence-electron chi connectivity index (χ4n) is 3.97. The molecule has 0 bridgehead atoms. The van der Waals surface area contributed by atoms with Crippen molar-refractivity contribution in [3.63, 3.8) is 0 Å². The fourth-order valence-corrected chi connectivity index (χ4v) is 3.97. The average molecular weight is 392 g/mol. The van der Waals surface area contributed by atoms with Crippen molar-refractivity contribution in [3.05, 3.63) is 65.6 Å². The summed E-state index contributed by atoms with van der Waals surface area (Å²) in [6.07, 6.45) is 7.99. The maximum Gasteiger partial charge on any atom is 0.260 e. The zero-order valence-corrected chi connectivity index (χ0v) is 16.2. The van der Waals surface area contributed by atoms with Crippen molar-refractivity contribution >= 4 is 11.6 Å². The number of hydrazine groups is 1. The molecule has 7 nitrogen and oxygen atoms in total. The summed E-state index contributed by atoms with van der Waals surface area (Å²) in [5.74, 6) is 0.587. The molecule has 1 atom stereocenters. The second-order valence-corrected chi connectivity index (χ2v) is 7.52. The molecule has 0 saturated carbocycles. The standard InChI is InChI=1S/C22H24N4O3/c27-22-21-19(23-10-8-20(21)29-15-18-3-1-12-28-18)14-25(22)13-16-4-6-17(7-5-16)26-11-2-9-24-26/h2,4-8,10-11,18,24H,1,3,9,12-15H2. The van der Waals surface area contributed by atoms with Gasteiger partial charge >= 0.3 is 0 Å². The van der Waals surface area contributed by atoms with Gasteiger partial charge in [-0.2, -0.15) is 0 Å². The molecule has 1 fully saturated rings. The average Bonchev–Trinajstić information content (AvgIpc) is 3.50. The van der Waals surface area contributed by atoms with Crippen LogP contribution in [0, 0.1) is 0 Å². The summed E-state index contributed by atoms with van der Waals surface area (Å²) >= 11 is 0. The van der Waals surface area contributed by atoms with Crippen molar-refractivity contribution in [1.29, 1.82) is 0 Å². The van der Waals surface area contributed by atoms with Crippen LogP contribution in [0.1, 0.15) is 34.5 Å². The topological polar surface area (TPSA) is 66.9 Å². The molecule has 7 heteroatoms. The minimum Gasteiger partial charge on any atom is -0.490 e. The molecule has 1 aromatic carbocycles. The Morgan fingerprint density at radius 2 is 2.14 bits per heavy atom. The maximum absolute atomic E-state index is 13.0. The largest absolute Gasteiger partial charge is 0.490 e. The van der Waals surface area contributed by atoms with Gasteiger partial charge in [0.15, 0.2) is 0 Å². The number of nitrogens with zero attached hydrogens (tertiary/aromatic N) is 3. The number of pyridine rings is 1. The number of benzene rings is 1. The molecular formula is C22H24N4O3. The van der Waals surface area contributed by atoms with Crippen molar-refractivity contribution in [1.82, 2.24) is 15.3 Å². The van der Waals surface area contributed by atoms with Gasteiger partial charge in [0.2, 0.25) is 0 Å². The monoisotopic (exact) mass is 392 g/mol. The minimum absolute atomic E-state index is 0.0244. The number of rotatable bonds is 6. The zero-order valence-electron chi connectivity index (χ0n) is 16.2. The van der Waals surface area contributed by atoms with Gasteiger partial charge in [0, 0.05) is 32.1 Å². The van der Waals surface area contributed by atoms with Crippen LogP contribution in [0.5, 0.6) is 5.75 Å². The summed E-state index contributed by atoms with van der Waals surface area (Å²) in [7, 11) is 0. The quantitative estimate of drug-likeness (QED) is 0.815. The van der Waals surface area contributed by atoms with Crippen molar-refractivity contribution in [2.45, 2.75) is 32.0 Å². The van der Waals surface area contributed by atoms with Crippen LogP contribution in [0.4, 0.5) is 5.69 Å². The van der Waals surface area contributed by atoms with E-state index in [1.54, 1.807) is 12.3 Å². The lowest BCUT2D eigenvalue weighted by molar-refractivity contribution is 0.0659. The molecule has 1 aromatic heterocycles. The van der Waals surface area contributed by atoms with E-state index in [9.17, 15) is 4.79 Å². The van der Waals surface area contributed by atoms with Crippen molar-refractivity contribution in [2.24, 2.45) is 0 Å². The van der Waals surface area contributed by atoms with Crippen molar-refractivity contribution < 1.29 is 14.3 Å². The Hall–Kier alpha value is -2.90. The van der Waals surface area contributed by atoms with E-state index < -0.39 is 0 Å². The summed E-state index contributed by atoms with van der Waals surface area (Å²) in [6, 6.07) is 10.0. The number of nitrogens with one attached hydrogen (secondary N) is 1. The number of ether oxygens (including phenoxy) is 2. The van der Waals surface area contributed by atoms with E-state index in [1.165, 1.54) is 0 Å². The molecule has 1 saturated heterocycles. The Bertz CT molecular complexity index is 922. The van der Waals surface area contributed by atoms with Crippen LogP contribution in [0.15, 0.2) is 48.8 Å². The summed E-state index contributed by atoms with van der Waals surface area (Å²) in [6.45, 7) is 3.15. The van der Waals surface area contributed by atoms with Gasteiger partial charge in [-0.15, -0.1) is 0 Å². The Morgan fingerprint density at radius 1 is 1.24 bits per heavy atom. The molecule has 0 radical (unpaired) electrons. The van der Waals surface area contributed by atoms with E-state index in [0.29, 0.717) is 31.0 Å². The lowest BCUT2D eigenvalue weighted by Crippen LogP contribution is -2.28. The fraction of sp³-hybridized carbons (Fsp3) is 0.364. The van der Waals surface area contributed by atoms with E-state index in [0.717, 1.165) is 42.9 Å². The Labute approximate surface area is 169 Å². The van der Waals surface area contributed by atoms with Crippen LogP contribution in [0.2, 0.25) is 0 Å². The number of carbonyl (C=O) groups excluding carboxylic acids is 1. The van der Waals surface area contributed by atoms with Gasteiger partial charge in [0.1, 0.15) is 17.9 Å². The van der Waals surface area contributed by atoms with Gasteiger partial charge in [0.25, 0.3) is 5.91 Å². The molecule has 2 aromatic rings. The SMILES string of the molecule is O=C1c2c(OCC3CCCO3)ccnc2CN1Cc1ccc(N2C=CCN2)cc1. The van der Waals surface area contributed by atoms with E-state index in [4.69, 9.17) is 9.47 Å². The first-order chi connectivity index (χ1) is 14.3. The molecule has 0 aliphatic carbocycles. The first kappa shape index (κ1) is 18.1. The molecule has 29 heavy (non-hydrogen) atoms. The number of anilines is 1. The van der Waals surface area contributed by atoms with Crippen molar-refractivity contribution in [2.75, 3.05) is 24.8 Å². The van der Waals surface area contributed by atoms with Gasteiger partial charge in [-0.05, 0) is 36.6 Å². The predicted octanol–water partition coefficient (Wildman–Crippen LogP) is 2.63. The normalized spacial score (nSPS) is 20.6. The Balaban J connectivity index is 1.26. The lowest BCUT2D eigenvalue weighted by Gasteiger charge is -2.18. The highest BCUT2D eigenvalue weighted by Gasteiger charge is 2.32. The second kappa shape index (κ2) is 7.85. The van der Waals surface area contributed by atoms with Gasteiger partial charge in [0.05, 0.1) is 24.0 Å². The highest BCUT2D eigenvalue weighted by Crippen LogP contribution is 2.31. The number of hydrogen-bond donors (Lipinski definition) is 1. The molecule has 5 rings (SSSR count). The van der Waals surface area contributed by atoms with Gasteiger partial charge in [-0.25, -0.2) is 5.43 Å². The van der Waals surface area contributed by atoms with Crippen LogP contribution in [-0.2, 0) is 17.8 Å². The summed E-state index contributed by atoms with van der Waals surface area (Å²) < 4.78 is 11.6. The molecular weight excluding hydrogens is 368 g/mol. The van der Waals surface area contributed by atoms with E-state index in [1.807, 2.05) is 16.1 Å². The molecule has 4 heterocycles. The lowest BCUT2D eigenvalue weighted by atomic mass is 10.2. The second-order valence-electron chi connectivity index (χ2n) is 7.52.